The fourth-order valence-electron chi connectivity index (χ4n) is 2.43. The first kappa shape index (κ1) is 12.4. The van der Waals surface area contributed by atoms with Crippen molar-refractivity contribution in [3.8, 4) is 0 Å². The van der Waals surface area contributed by atoms with Crippen LogP contribution in [0.2, 0.25) is 5.02 Å². The lowest BCUT2D eigenvalue weighted by molar-refractivity contribution is -0.123. The average molecular weight is 252 g/mol. The van der Waals surface area contributed by atoms with Crippen LogP contribution in [-0.4, -0.2) is 18.4 Å². The molecule has 1 aliphatic heterocycles. The highest BCUT2D eigenvalue weighted by atomic mass is 35.5. The zero-order valence-corrected chi connectivity index (χ0v) is 11.3. The molecule has 0 aromatic heterocycles. The van der Waals surface area contributed by atoms with Crippen molar-refractivity contribution in [3.63, 3.8) is 0 Å². The second-order valence-corrected chi connectivity index (χ2v) is 5.31. The minimum absolute atomic E-state index is 0.0992. The number of hydrogen-bond acceptors (Lipinski definition) is 2. The molecule has 0 aliphatic carbocycles. The number of hydrogen-bond donors (Lipinski definition) is 0. The van der Waals surface area contributed by atoms with Crippen LogP contribution >= 0.6 is 11.6 Å². The van der Waals surface area contributed by atoms with Crippen LogP contribution in [0.4, 0.5) is 5.69 Å². The van der Waals surface area contributed by atoms with Gasteiger partial charge in [-0.25, -0.2) is 0 Å². The fourth-order valence-corrected chi connectivity index (χ4v) is 2.60. The topological polar surface area (TPSA) is 20.3 Å². The molecule has 1 heterocycles. The first-order chi connectivity index (χ1) is 8.00. The maximum Gasteiger partial charge on any atom is 0.139 e. The van der Waals surface area contributed by atoms with Gasteiger partial charge in [0.2, 0.25) is 0 Å². The first-order valence-corrected chi connectivity index (χ1v) is 6.44. The summed E-state index contributed by atoms with van der Waals surface area (Å²) >= 11 is 6.06. The van der Waals surface area contributed by atoms with Crippen molar-refractivity contribution >= 4 is 23.1 Å². The van der Waals surface area contributed by atoms with E-state index in [1.54, 1.807) is 0 Å². The Bertz CT molecular complexity index is 444. The smallest absolute Gasteiger partial charge is 0.139 e. The van der Waals surface area contributed by atoms with E-state index in [0.29, 0.717) is 12.2 Å². The van der Waals surface area contributed by atoms with Crippen LogP contribution in [0.15, 0.2) is 18.2 Å². The van der Waals surface area contributed by atoms with E-state index in [2.05, 4.69) is 18.7 Å². The van der Waals surface area contributed by atoms with Crippen molar-refractivity contribution in [3.05, 3.63) is 28.8 Å². The number of halogens is 1. The standard InChI is InChI=1S/C14H18ClNO/c1-9-4-5-12(15)8-13(9)16-7-6-14(17)10(2)11(16)3/h4-5,8,10-11H,6-7H2,1-3H3. The molecule has 1 aromatic rings. The van der Waals surface area contributed by atoms with Gasteiger partial charge >= 0.3 is 0 Å². The molecule has 2 nitrogen and oxygen atoms in total. The Morgan fingerprint density at radius 3 is 2.76 bits per heavy atom. The molecular formula is C14H18ClNO. The van der Waals surface area contributed by atoms with Crippen LogP contribution < -0.4 is 4.90 Å². The third-order valence-corrected chi connectivity index (χ3v) is 4.04. The van der Waals surface area contributed by atoms with E-state index in [-0.39, 0.29) is 12.0 Å². The van der Waals surface area contributed by atoms with Gasteiger partial charge in [0, 0.05) is 35.6 Å². The molecule has 0 bridgehead atoms. The number of benzene rings is 1. The third kappa shape index (κ3) is 2.32. The maximum atomic E-state index is 11.7. The Balaban J connectivity index is 2.33. The number of carbonyl (C=O) groups is 1. The second-order valence-electron chi connectivity index (χ2n) is 4.87. The summed E-state index contributed by atoms with van der Waals surface area (Å²) in [6.45, 7) is 7.01. The number of anilines is 1. The molecule has 0 saturated carbocycles. The van der Waals surface area contributed by atoms with Crippen molar-refractivity contribution < 1.29 is 4.79 Å². The molecule has 17 heavy (non-hydrogen) atoms. The molecule has 2 atom stereocenters. The highest BCUT2D eigenvalue weighted by molar-refractivity contribution is 6.30. The van der Waals surface area contributed by atoms with Gasteiger partial charge in [-0.2, -0.15) is 0 Å². The molecule has 1 fully saturated rings. The van der Waals surface area contributed by atoms with Gasteiger partial charge in [0.25, 0.3) is 0 Å². The van der Waals surface area contributed by atoms with Gasteiger partial charge in [-0.15, -0.1) is 0 Å². The Hall–Kier alpha value is -1.02. The lowest BCUT2D eigenvalue weighted by atomic mass is 9.90. The van der Waals surface area contributed by atoms with Crippen molar-refractivity contribution in [1.82, 2.24) is 0 Å². The van der Waals surface area contributed by atoms with E-state index >= 15 is 0 Å². The molecule has 2 rings (SSSR count). The highest BCUT2D eigenvalue weighted by Crippen LogP contribution is 2.31. The first-order valence-electron chi connectivity index (χ1n) is 6.06. The Kier molecular flexibility index (Phi) is 3.43. The maximum absolute atomic E-state index is 11.7. The predicted octanol–water partition coefficient (Wildman–Crippen LogP) is 3.45. The summed E-state index contributed by atoms with van der Waals surface area (Å²) < 4.78 is 0. The number of Topliss-reactive ketones (excluding diaryl/α,β-unsaturated/α-hetero) is 1. The molecule has 92 valence electrons. The molecule has 0 radical (unpaired) electrons. The summed E-state index contributed by atoms with van der Waals surface area (Å²) in [5.41, 5.74) is 2.37. The van der Waals surface area contributed by atoms with E-state index in [1.165, 1.54) is 5.56 Å². The van der Waals surface area contributed by atoms with E-state index in [1.807, 2.05) is 25.1 Å². The zero-order valence-electron chi connectivity index (χ0n) is 10.5. The number of nitrogens with zero attached hydrogens (tertiary/aromatic N) is 1. The molecular weight excluding hydrogens is 234 g/mol. The minimum atomic E-state index is 0.0992. The van der Waals surface area contributed by atoms with Crippen LogP contribution in [0.1, 0.15) is 25.8 Å². The van der Waals surface area contributed by atoms with Crippen molar-refractivity contribution in [1.29, 1.82) is 0 Å². The SMILES string of the molecule is Cc1ccc(Cl)cc1N1CCC(=O)C(C)C1C. The van der Waals surface area contributed by atoms with E-state index < -0.39 is 0 Å². The molecule has 0 amide bonds. The van der Waals surface area contributed by atoms with Crippen LogP contribution in [0.3, 0.4) is 0 Å². The average Bonchev–Trinajstić information content (AvgIpc) is 2.30. The summed E-state index contributed by atoms with van der Waals surface area (Å²) in [6, 6.07) is 6.18. The van der Waals surface area contributed by atoms with Crippen LogP contribution in [-0.2, 0) is 4.79 Å². The molecule has 0 N–H and O–H groups in total. The van der Waals surface area contributed by atoms with Gasteiger partial charge < -0.3 is 4.90 Å². The quantitative estimate of drug-likeness (QED) is 0.762. The Morgan fingerprint density at radius 2 is 2.06 bits per heavy atom. The Labute approximate surface area is 108 Å². The Morgan fingerprint density at radius 1 is 1.35 bits per heavy atom. The van der Waals surface area contributed by atoms with Gasteiger partial charge in [-0.3, -0.25) is 4.79 Å². The second kappa shape index (κ2) is 4.69. The van der Waals surface area contributed by atoms with Crippen LogP contribution in [0, 0.1) is 12.8 Å². The summed E-state index contributed by atoms with van der Waals surface area (Å²) in [5.74, 6) is 0.468. The van der Waals surface area contributed by atoms with Gasteiger partial charge in [-0.05, 0) is 31.5 Å². The molecule has 0 spiro atoms. The predicted molar refractivity (Wildman–Crippen MR) is 71.8 cm³/mol. The lowest BCUT2D eigenvalue weighted by Gasteiger charge is -2.39. The summed E-state index contributed by atoms with van der Waals surface area (Å²) in [5, 5.41) is 0.752. The summed E-state index contributed by atoms with van der Waals surface area (Å²) in [4.78, 5) is 14.0. The summed E-state index contributed by atoms with van der Waals surface area (Å²) in [7, 11) is 0. The monoisotopic (exact) mass is 251 g/mol. The van der Waals surface area contributed by atoms with Crippen molar-refractivity contribution in [2.75, 3.05) is 11.4 Å². The van der Waals surface area contributed by atoms with Gasteiger partial charge in [0.15, 0.2) is 0 Å². The molecule has 1 saturated heterocycles. The summed E-state index contributed by atoms with van der Waals surface area (Å²) in [6.07, 6.45) is 0.636. The molecule has 2 unspecified atom stereocenters. The van der Waals surface area contributed by atoms with Gasteiger partial charge in [0.1, 0.15) is 5.78 Å². The van der Waals surface area contributed by atoms with Gasteiger partial charge in [0.05, 0.1) is 0 Å². The number of piperidine rings is 1. The van der Waals surface area contributed by atoms with E-state index in [9.17, 15) is 4.79 Å². The fraction of sp³-hybridized carbons (Fsp3) is 0.500. The molecule has 1 aromatic carbocycles. The van der Waals surface area contributed by atoms with E-state index in [4.69, 9.17) is 11.6 Å². The number of rotatable bonds is 1. The minimum Gasteiger partial charge on any atom is -0.367 e. The van der Waals surface area contributed by atoms with Crippen LogP contribution in [0.5, 0.6) is 0 Å². The normalized spacial score (nSPS) is 25.2. The van der Waals surface area contributed by atoms with E-state index in [0.717, 1.165) is 17.3 Å². The lowest BCUT2D eigenvalue weighted by Crippen LogP contribution is -2.47. The molecule has 1 aliphatic rings. The van der Waals surface area contributed by atoms with Gasteiger partial charge in [-0.1, -0.05) is 24.6 Å². The highest BCUT2D eigenvalue weighted by Gasteiger charge is 2.31. The largest absolute Gasteiger partial charge is 0.367 e. The number of ketones is 1. The zero-order chi connectivity index (χ0) is 12.6. The van der Waals surface area contributed by atoms with Crippen LogP contribution in [0.25, 0.3) is 0 Å². The molecule has 3 heteroatoms. The number of carbonyl (C=O) groups excluding carboxylic acids is 1. The number of aryl methyl sites for hydroxylation is 1. The van der Waals surface area contributed by atoms with Crippen molar-refractivity contribution in [2.24, 2.45) is 5.92 Å². The third-order valence-electron chi connectivity index (χ3n) is 3.80. The van der Waals surface area contributed by atoms with Crippen molar-refractivity contribution in [2.45, 2.75) is 33.2 Å².